The van der Waals surface area contributed by atoms with Gasteiger partial charge in [-0.3, -0.25) is 14.2 Å². The monoisotopic (exact) mass is 375 g/mol. The zero-order valence-corrected chi connectivity index (χ0v) is 15.1. The van der Waals surface area contributed by atoms with Crippen molar-refractivity contribution < 1.29 is 9.21 Å². The van der Waals surface area contributed by atoms with Crippen LogP contribution in [0.15, 0.2) is 64.4 Å². The lowest BCUT2D eigenvalue weighted by atomic mass is 10.1. The van der Waals surface area contributed by atoms with Crippen LogP contribution in [0.5, 0.6) is 0 Å². The van der Waals surface area contributed by atoms with Crippen LogP contribution < -0.4 is 10.9 Å². The Morgan fingerprint density at radius 3 is 2.75 bits per heavy atom. The molecule has 0 aliphatic carbocycles. The molecule has 0 saturated carbocycles. The average Bonchev–Trinajstić information content (AvgIpc) is 3.23. The second kappa shape index (κ2) is 7.43. The van der Waals surface area contributed by atoms with Gasteiger partial charge in [0.15, 0.2) is 11.5 Å². The average molecular weight is 375 g/mol. The standard InChI is InChI=1S/C20H17N5O3/c1-13-4-6-14(7-5-13)18-22-10-16-19(24-18)23-12-25(20(16)27)11-17(26)21-9-15-3-2-8-28-15/h2-8,10,12H,9,11H2,1H3,(H,21,26). The van der Waals surface area contributed by atoms with Gasteiger partial charge < -0.3 is 9.73 Å². The van der Waals surface area contributed by atoms with Crippen molar-refractivity contribution in [2.45, 2.75) is 20.0 Å². The highest BCUT2D eigenvalue weighted by molar-refractivity contribution is 5.77. The number of carbonyl (C=O) groups excluding carboxylic acids is 1. The number of nitrogens with one attached hydrogen (secondary N) is 1. The molecule has 0 aliphatic rings. The highest BCUT2D eigenvalue weighted by Crippen LogP contribution is 2.16. The summed E-state index contributed by atoms with van der Waals surface area (Å²) in [5, 5.41) is 2.95. The summed E-state index contributed by atoms with van der Waals surface area (Å²) in [6.07, 6.45) is 4.30. The number of rotatable bonds is 5. The van der Waals surface area contributed by atoms with E-state index >= 15 is 0 Å². The largest absolute Gasteiger partial charge is 0.467 e. The first-order chi connectivity index (χ1) is 13.6. The highest BCUT2D eigenvalue weighted by atomic mass is 16.3. The number of carbonyl (C=O) groups is 1. The van der Waals surface area contributed by atoms with Crippen molar-refractivity contribution in [3.63, 3.8) is 0 Å². The third-order valence-electron chi connectivity index (χ3n) is 4.24. The topological polar surface area (TPSA) is 103 Å². The van der Waals surface area contributed by atoms with Crippen LogP contribution in [0.2, 0.25) is 0 Å². The van der Waals surface area contributed by atoms with Gasteiger partial charge in [-0.1, -0.05) is 29.8 Å². The van der Waals surface area contributed by atoms with Crippen LogP contribution in [-0.4, -0.2) is 25.4 Å². The lowest BCUT2D eigenvalue weighted by Crippen LogP contribution is -2.32. The van der Waals surface area contributed by atoms with Gasteiger partial charge in [0, 0.05) is 11.8 Å². The first-order valence-electron chi connectivity index (χ1n) is 8.68. The molecule has 8 nitrogen and oxygen atoms in total. The molecular weight excluding hydrogens is 358 g/mol. The zero-order chi connectivity index (χ0) is 19.5. The third kappa shape index (κ3) is 3.66. The number of aromatic nitrogens is 4. The predicted molar refractivity (Wildman–Crippen MR) is 102 cm³/mol. The van der Waals surface area contributed by atoms with Crippen molar-refractivity contribution in [3.05, 3.63) is 76.9 Å². The van der Waals surface area contributed by atoms with Crippen LogP contribution in [0, 0.1) is 6.92 Å². The molecule has 4 rings (SSSR count). The molecule has 3 heterocycles. The Morgan fingerprint density at radius 1 is 1.18 bits per heavy atom. The van der Waals surface area contributed by atoms with Gasteiger partial charge in [0.1, 0.15) is 24.0 Å². The number of nitrogens with zero attached hydrogens (tertiary/aromatic N) is 4. The van der Waals surface area contributed by atoms with Crippen molar-refractivity contribution in [1.29, 1.82) is 0 Å². The lowest BCUT2D eigenvalue weighted by molar-refractivity contribution is -0.122. The molecule has 4 aromatic rings. The molecule has 1 N–H and O–H groups in total. The van der Waals surface area contributed by atoms with Crippen molar-refractivity contribution in [2.24, 2.45) is 0 Å². The lowest BCUT2D eigenvalue weighted by Gasteiger charge is -2.07. The van der Waals surface area contributed by atoms with Crippen molar-refractivity contribution in [2.75, 3.05) is 0 Å². The van der Waals surface area contributed by atoms with E-state index in [1.54, 1.807) is 12.1 Å². The summed E-state index contributed by atoms with van der Waals surface area (Å²) in [4.78, 5) is 37.6. The summed E-state index contributed by atoms with van der Waals surface area (Å²) in [6.45, 7) is 2.10. The molecule has 28 heavy (non-hydrogen) atoms. The van der Waals surface area contributed by atoms with E-state index in [2.05, 4.69) is 20.3 Å². The van der Waals surface area contributed by atoms with Gasteiger partial charge in [-0.2, -0.15) is 0 Å². The number of furan rings is 1. The van der Waals surface area contributed by atoms with E-state index in [0.717, 1.165) is 11.1 Å². The molecule has 0 unspecified atom stereocenters. The van der Waals surface area contributed by atoms with Gasteiger partial charge >= 0.3 is 0 Å². The highest BCUT2D eigenvalue weighted by Gasteiger charge is 2.11. The van der Waals surface area contributed by atoms with Crippen LogP contribution in [-0.2, 0) is 17.9 Å². The quantitative estimate of drug-likeness (QED) is 0.573. The molecule has 0 atom stereocenters. The molecule has 140 valence electrons. The minimum absolute atomic E-state index is 0.151. The summed E-state index contributed by atoms with van der Waals surface area (Å²) >= 11 is 0. The molecule has 0 bridgehead atoms. The molecule has 0 fully saturated rings. The van der Waals surface area contributed by atoms with Crippen molar-refractivity contribution in [1.82, 2.24) is 24.8 Å². The molecule has 0 radical (unpaired) electrons. The molecule has 0 spiro atoms. The molecule has 8 heteroatoms. The Labute approximate surface area is 159 Å². The smallest absolute Gasteiger partial charge is 0.264 e. The van der Waals surface area contributed by atoms with E-state index in [1.807, 2.05) is 31.2 Å². The fourth-order valence-corrected chi connectivity index (χ4v) is 2.72. The first kappa shape index (κ1) is 17.6. The van der Waals surface area contributed by atoms with E-state index in [0.29, 0.717) is 17.2 Å². The predicted octanol–water partition coefficient (Wildman–Crippen LogP) is 2.07. The maximum Gasteiger partial charge on any atom is 0.264 e. The Hall–Kier alpha value is -3.81. The number of benzene rings is 1. The van der Waals surface area contributed by atoms with E-state index in [4.69, 9.17) is 4.42 Å². The number of fused-ring (bicyclic) bond motifs is 1. The van der Waals surface area contributed by atoms with Gasteiger partial charge in [0.25, 0.3) is 5.56 Å². The molecule has 0 saturated heterocycles. The summed E-state index contributed by atoms with van der Waals surface area (Å²) in [5.41, 5.74) is 1.91. The molecule has 1 aromatic carbocycles. The van der Waals surface area contributed by atoms with Crippen LogP contribution >= 0.6 is 0 Å². The molecule has 1 amide bonds. The fourth-order valence-electron chi connectivity index (χ4n) is 2.72. The Kier molecular flexibility index (Phi) is 4.67. The zero-order valence-electron chi connectivity index (χ0n) is 15.1. The van der Waals surface area contributed by atoms with Crippen molar-refractivity contribution in [3.8, 4) is 11.4 Å². The van der Waals surface area contributed by atoms with Crippen LogP contribution in [0.25, 0.3) is 22.4 Å². The number of hydrogen-bond acceptors (Lipinski definition) is 6. The van der Waals surface area contributed by atoms with Gasteiger partial charge in [-0.25, -0.2) is 15.0 Å². The fraction of sp³-hybridized carbons (Fsp3) is 0.150. The second-order valence-corrected chi connectivity index (χ2v) is 6.33. The molecule has 3 aromatic heterocycles. The van der Waals surface area contributed by atoms with E-state index in [9.17, 15) is 9.59 Å². The minimum atomic E-state index is -0.367. The Balaban J connectivity index is 1.55. The Bertz CT molecular complexity index is 1180. The van der Waals surface area contributed by atoms with Gasteiger partial charge in [-0.15, -0.1) is 0 Å². The van der Waals surface area contributed by atoms with Gasteiger partial charge in [0.05, 0.1) is 12.8 Å². The van der Waals surface area contributed by atoms with Gasteiger partial charge in [0.2, 0.25) is 5.91 Å². The minimum Gasteiger partial charge on any atom is -0.467 e. The van der Waals surface area contributed by atoms with Crippen LogP contribution in [0.3, 0.4) is 0 Å². The third-order valence-corrected chi connectivity index (χ3v) is 4.24. The van der Waals surface area contributed by atoms with Gasteiger partial charge in [-0.05, 0) is 19.1 Å². The van der Waals surface area contributed by atoms with E-state index < -0.39 is 0 Å². The summed E-state index contributed by atoms with van der Waals surface area (Å²) in [5.74, 6) is 0.805. The van der Waals surface area contributed by atoms with Crippen molar-refractivity contribution >= 4 is 16.9 Å². The summed E-state index contributed by atoms with van der Waals surface area (Å²) < 4.78 is 6.39. The van der Waals surface area contributed by atoms with E-state index in [1.165, 1.54) is 23.4 Å². The summed E-state index contributed by atoms with van der Waals surface area (Å²) in [7, 11) is 0. The van der Waals surface area contributed by atoms with Crippen LogP contribution in [0.1, 0.15) is 11.3 Å². The van der Waals surface area contributed by atoms with Crippen LogP contribution in [0.4, 0.5) is 0 Å². The van der Waals surface area contributed by atoms with E-state index in [-0.39, 0.29) is 29.9 Å². The second-order valence-electron chi connectivity index (χ2n) is 6.33. The normalized spacial score (nSPS) is 10.9. The number of amides is 1. The molecule has 0 aliphatic heterocycles. The Morgan fingerprint density at radius 2 is 2.00 bits per heavy atom. The SMILES string of the molecule is Cc1ccc(-c2ncc3c(=O)n(CC(=O)NCc4ccco4)cnc3n2)cc1. The number of aryl methyl sites for hydroxylation is 1. The summed E-state index contributed by atoms with van der Waals surface area (Å²) in [6, 6.07) is 11.3. The first-order valence-corrected chi connectivity index (χ1v) is 8.68. The number of hydrogen-bond donors (Lipinski definition) is 1. The molecular formula is C20H17N5O3. The maximum absolute atomic E-state index is 12.6. The maximum atomic E-state index is 12.6.